The highest BCUT2D eigenvalue weighted by molar-refractivity contribution is 9.08. The Balaban J connectivity index is 0.000000150. The van der Waals surface area contributed by atoms with Crippen LogP contribution in [-0.2, 0) is 5.33 Å². The standard InChI is InChI=1S/C21H15BrN2.C21H16N2/c22-14-15-11-12-18-19(13-15)24-21(17-9-5-2-6-10-17)20(23-18)16-7-3-1-4-8-16;1-15-12-13-18-19(14-15)23-21(17-10-6-3-7-11-17)20(22-18)16-8-4-2-5-9-16/h1-13H,14H2;2-14H,1H3. The van der Waals surface area contributed by atoms with Gasteiger partial charge in [-0.1, -0.05) is 149 Å². The quantitative estimate of drug-likeness (QED) is 0.171. The van der Waals surface area contributed by atoms with E-state index in [1.54, 1.807) is 0 Å². The zero-order chi connectivity index (χ0) is 32.0. The van der Waals surface area contributed by atoms with Gasteiger partial charge in [0.25, 0.3) is 0 Å². The maximum Gasteiger partial charge on any atom is 0.0973 e. The summed E-state index contributed by atoms with van der Waals surface area (Å²) in [5.41, 5.74) is 14.1. The normalized spacial score (nSPS) is 10.9. The average Bonchev–Trinajstić information content (AvgIpc) is 3.15. The second kappa shape index (κ2) is 13.9. The molecule has 0 aliphatic rings. The smallest absolute Gasteiger partial charge is 0.0973 e. The molecule has 0 spiro atoms. The molecule has 47 heavy (non-hydrogen) atoms. The number of fused-ring (bicyclic) bond motifs is 2. The van der Waals surface area contributed by atoms with Gasteiger partial charge in [-0.3, -0.25) is 0 Å². The van der Waals surface area contributed by atoms with Crippen molar-refractivity contribution in [2.24, 2.45) is 0 Å². The molecule has 0 unspecified atom stereocenters. The molecule has 0 amide bonds. The number of nitrogens with zero attached hydrogens (tertiary/aromatic N) is 4. The first-order valence-electron chi connectivity index (χ1n) is 15.5. The molecule has 0 radical (unpaired) electrons. The first kappa shape index (κ1) is 30.2. The van der Waals surface area contributed by atoms with E-state index in [0.29, 0.717) is 0 Å². The highest BCUT2D eigenvalue weighted by atomic mass is 79.9. The third kappa shape index (κ3) is 6.71. The molecule has 8 rings (SSSR count). The molecule has 2 heterocycles. The summed E-state index contributed by atoms with van der Waals surface area (Å²) in [5.74, 6) is 0. The third-order valence-corrected chi connectivity index (χ3v) is 8.54. The number of hydrogen-bond acceptors (Lipinski definition) is 4. The number of benzene rings is 6. The monoisotopic (exact) mass is 670 g/mol. The third-order valence-electron chi connectivity index (χ3n) is 7.89. The Kier molecular flexibility index (Phi) is 8.89. The fourth-order valence-corrected chi connectivity index (χ4v) is 5.89. The predicted molar refractivity (Wildman–Crippen MR) is 198 cm³/mol. The molecule has 8 aromatic rings. The van der Waals surface area contributed by atoms with Crippen molar-refractivity contribution in [1.29, 1.82) is 0 Å². The molecule has 4 nitrogen and oxygen atoms in total. The molecule has 226 valence electrons. The Hall–Kier alpha value is -5.52. The van der Waals surface area contributed by atoms with Gasteiger partial charge in [-0.25, -0.2) is 19.9 Å². The second-order valence-electron chi connectivity index (χ2n) is 11.3. The molecule has 0 saturated carbocycles. The molecule has 0 bridgehead atoms. The molecular weight excluding hydrogens is 640 g/mol. The van der Waals surface area contributed by atoms with Gasteiger partial charge < -0.3 is 0 Å². The fourth-order valence-electron chi connectivity index (χ4n) is 5.54. The Morgan fingerprint density at radius 1 is 0.383 bits per heavy atom. The lowest BCUT2D eigenvalue weighted by atomic mass is 10.0. The van der Waals surface area contributed by atoms with Crippen LogP contribution in [0.5, 0.6) is 0 Å². The first-order chi connectivity index (χ1) is 23.2. The average molecular weight is 672 g/mol. The fraction of sp³-hybridized carbons (Fsp3) is 0.0476. The van der Waals surface area contributed by atoms with Gasteiger partial charge in [0.1, 0.15) is 0 Å². The minimum absolute atomic E-state index is 0.811. The van der Waals surface area contributed by atoms with Crippen LogP contribution in [0, 0.1) is 6.92 Å². The minimum atomic E-state index is 0.811. The second-order valence-corrected chi connectivity index (χ2v) is 11.8. The van der Waals surface area contributed by atoms with Gasteiger partial charge in [0.05, 0.1) is 44.8 Å². The van der Waals surface area contributed by atoms with E-state index in [4.69, 9.17) is 19.9 Å². The van der Waals surface area contributed by atoms with Crippen molar-refractivity contribution >= 4 is 38.0 Å². The van der Waals surface area contributed by atoms with Crippen molar-refractivity contribution < 1.29 is 0 Å². The van der Waals surface area contributed by atoms with Gasteiger partial charge in [0.15, 0.2) is 0 Å². The Labute approximate surface area is 283 Å². The van der Waals surface area contributed by atoms with Crippen LogP contribution in [0.3, 0.4) is 0 Å². The molecule has 2 aromatic heterocycles. The number of aromatic nitrogens is 4. The predicted octanol–water partition coefficient (Wildman–Crippen LogP) is 11.1. The van der Waals surface area contributed by atoms with Crippen LogP contribution in [0.2, 0.25) is 0 Å². The van der Waals surface area contributed by atoms with Gasteiger partial charge in [-0.05, 0) is 42.3 Å². The summed E-state index contributed by atoms with van der Waals surface area (Å²) in [5, 5.41) is 0.811. The van der Waals surface area contributed by atoms with Crippen molar-refractivity contribution in [2.45, 2.75) is 12.3 Å². The summed E-state index contributed by atoms with van der Waals surface area (Å²) in [6.45, 7) is 2.08. The summed E-state index contributed by atoms with van der Waals surface area (Å²) in [4.78, 5) is 19.7. The van der Waals surface area contributed by atoms with E-state index >= 15 is 0 Å². The van der Waals surface area contributed by atoms with Crippen molar-refractivity contribution in [3.63, 3.8) is 0 Å². The molecule has 5 heteroatoms. The molecule has 0 fully saturated rings. The molecule has 0 N–H and O–H groups in total. The number of halogens is 1. The lowest BCUT2D eigenvalue weighted by Gasteiger charge is -2.11. The van der Waals surface area contributed by atoms with Crippen LogP contribution in [-0.4, -0.2) is 19.9 Å². The van der Waals surface area contributed by atoms with Crippen LogP contribution >= 0.6 is 15.9 Å². The highest BCUT2D eigenvalue weighted by Crippen LogP contribution is 2.32. The van der Waals surface area contributed by atoms with Gasteiger partial charge in [0.2, 0.25) is 0 Å². The maximum atomic E-state index is 4.95. The largest absolute Gasteiger partial charge is 0.244 e. The van der Waals surface area contributed by atoms with E-state index in [0.717, 1.165) is 72.4 Å². The van der Waals surface area contributed by atoms with Crippen molar-refractivity contribution in [2.75, 3.05) is 0 Å². The van der Waals surface area contributed by atoms with Gasteiger partial charge in [-0.2, -0.15) is 0 Å². The van der Waals surface area contributed by atoms with Crippen molar-refractivity contribution in [3.05, 3.63) is 169 Å². The zero-order valence-electron chi connectivity index (χ0n) is 25.9. The SMILES string of the molecule is BrCc1ccc2nc(-c3ccccc3)c(-c3ccccc3)nc2c1.Cc1ccc2nc(-c3ccccc3)c(-c3ccccc3)nc2c1. The van der Waals surface area contributed by atoms with Gasteiger partial charge >= 0.3 is 0 Å². The van der Waals surface area contributed by atoms with Crippen LogP contribution in [0.1, 0.15) is 11.1 Å². The number of hydrogen-bond donors (Lipinski definition) is 0. The summed E-state index contributed by atoms with van der Waals surface area (Å²) >= 11 is 3.51. The maximum absolute atomic E-state index is 4.95. The van der Waals surface area contributed by atoms with E-state index in [1.807, 2.05) is 84.9 Å². The lowest BCUT2D eigenvalue weighted by molar-refractivity contribution is 1.28. The highest BCUT2D eigenvalue weighted by Gasteiger charge is 2.14. The van der Waals surface area contributed by atoms with Crippen molar-refractivity contribution in [3.8, 4) is 45.0 Å². The number of aryl methyl sites for hydroxylation is 1. The summed E-state index contributed by atoms with van der Waals surface area (Å²) < 4.78 is 0. The number of rotatable bonds is 5. The van der Waals surface area contributed by atoms with Crippen LogP contribution in [0.25, 0.3) is 67.1 Å². The molecule has 0 aliphatic carbocycles. The van der Waals surface area contributed by atoms with Crippen LogP contribution < -0.4 is 0 Å². The lowest BCUT2D eigenvalue weighted by Crippen LogP contribution is -1.96. The summed E-state index contributed by atoms with van der Waals surface area (Å²) in [6, 6.07) is 53.4. The first-order valence-corrected chi connectivity index (χ1v) is 16.6. The molecule has 0 aliphatic heterocycles. The van der Waals surface area contributed by atoms with E-state index in [1.165, 1.54) is 11.1 Å². The van der Waals surface area contributed by atoms with E-state index in [2.05, 4.69) is 95.7 Å². The van der Waals surface area contributed by atoms with E-state index in [-0.39, 0.29) is 0 Å². The minimum Gasteiger partial charge on any atom is -0.244 e. The van der Waals surface area contributed by atoms with Crippen LogP contribution in [0.15, 0.2) is 158 Å². The zero-order valence-corrected chi connectivity index (χ0v) is 27.5. The van der Waals surface area contributed by atoms with Gasteiger partial charge in [-0.15, -0.1) is 0 Å². The van der Waals surface area contributed by atoms with E-state index in [9.17, 15) is 0 Å². The summed E-state index contributed by atoms with van der Waals surface area (Å²) in [6.07, 6.45) is 0. The molecule has 0 saturated heterocycles. The van der Waals surface area contributed by atoms with E-state index < -0.39 is 0 Å². The Morgan fingerprint density at radius 3 is 1.11 bits per heavy atom. The molecule has 0 atom stereocenters. The molecule has 6 aromatic carbocycles. The van der Waals surface area contributed by atoms with Gasteiger partial charge in [0, 0.05) is 27.6 Å². The Bertz CT molecular complexity index is 2270. The van der Waals surface area contributed by atoms with Crippen LogP contribution in [0.4, 0.5) is 0 Å². The molecular formula is C42H31BrN4. The Morgan fingerprint density at radius 2 is 0.723 bits per heavy atom. The number of alkyl halides is 1. The van der Waals surface area contributed by atoms with Crippen molar-refractivity contribution in [1.82, 2.24) is 19.9 Å². The summed E-state index contributed by atoms with van der Waals surface area (Å²) in [7, 11) is 0. The topological polar surface area (TPSA) is 51.6 Å².